The summed E-state index contributed by atoms with van der Waals surface area (Å²) in [5.74, 6) is 0.868. The zero-order chi connectivity index (χ0) is 13.5. The van der Waals surface area contributed by atoms with Gasteiger partial charge in [0.05, 0.1) is 11.8 Å². The Balaban J connectivity index is 1.75. The standard InChI is InChI=1S/C16H26N2S/c1-3-8-14(4-2)15-12-18-16(19-15)17-11-13-9-6-5-7-10-13/h3-4,8,13,15H,5-7,9-12H2,1-2H3,(H,17,18)/b8-3-,14-4+. The molecule has 2 rings (SSSR count). The highest BCUT2D eigenvalue weighted by Crippen LogP contribution is 2.28. The van der Waals surface area contributed by atoms with Gasteiger partial charge >= 0.3 is 0 Å². The van der Waals surface area contributed by atoms with E-state index >= 15 is 0 Å². The summed E-state index contributed by atoms with van der Waals surface area (Å²) in [4.78, 5) is 4.65. The van der Waals surface area contributed by atoms with Crippen LogP contribution in [0.4, 0.5) is 0 Å². The molecule has 1 unspecified atom stereocenters. The minimum Gasteiger partial charge on any atom is -0.365 e. The van der Waals surface area contributed by atoms with Gasteiger partial charge in [-0.05, 0) is 38.2 Å². The molecule has 1 saturated carbocycles. The molecule has 0 aromatic heterocycles. The van der Waals surface area contributed by atoms with Crippen molar-refractivity contribution in [3.8, 4) is 0 Å². The van der Waals surface area contributed by atoms with Gasteiger partial charge in [-0.1, -0.05) is 49.3 Å². The molecule has 0 saturated heterocycles. The molecule has 2 nitrogen and oxygen atoms in total. The smallest absolute Gasteiger partial charge is 0.157 e. The second-order valence-corrected chi connectivity index (χ2v) is 6.62. The summed E-state index contributed by atoms with van der Waals surface area (Å²) in [6.07, 6.45) is 13.6. The van der Waals surface area contributed by atoms with E-state index in [-0.39, 0.29) is 0 Å². The maximum absolute atomic E-state index is 4.65. The van der Waals surface area contributed by atoms with Crippen LogP contribution in [0.15, 0.2) is 28.8 Å². The van der Waals surface area contributed by atoms with Gasteiger partial charge in [0.25, 0.3) is 0 Å². The molecule has 2 aliphatic rings. The molecular weight excluding hydrogens is 252 g/mol. The Morgan fingerprint density at radius 1 is 1.32 bits per heavy atom. The number of rotatable bonds is 4. The minimum atomic E-state index is 0.509. The monoisotopic (exact) mass is 278 g/mol. The fraction of sp³-hybridized carbons (Fsp3) is 0.688. The molecule has 19 heavy (non-hydrogen) atoms. The molecule has 0 bridgehead atoms. The minimum absolute atomic E-state index is 0.509. The number of amidine groups is 1. The quantitative estimate of drug-likeness (QED) is 0.781. The summed E-state index contributed by atoms with van der Waals surface area (Å²) in [5, 5.41) is 5.23. The predicted molar refractivity (Wildman–Crippen MR) is 86.8 cm³/mol. The van der Waals surface area contributed by atoms with Gasteiger partial charge in [-0.15, -0.1) is 0 Å². The van der Waals surface area contributed by atoms with Crippen molar-refractivity contribution in [3.63, 3.8) is 0 Å². The molecule has 1 atom stereocenters. The molecule has 1 heterocycles. The third-order valence-corrected chi connectivity index (χ3v) is 5.19. The van der Waals surface area contributed by atoms with Crippen LogP contribution in [-0.2, 0) is 0 Å². The molecular formula is C16H26N2S. The van der Waals surface area contributed by atoms with Gasteiger partial charge < -0.3 is 5.32 Å². The first-order chi connectivity index (χ1) is 9.33. The Kier molecular flexibility index (Phi) is 6.02. The maximum atomic E-state index is 4.65. The lowest BCUT2D eigenvalue weighted by Gasteiger charge is -2.22. The lowest BCUT2D eigenvalue weighted by atomic mass is 9.89. The van der Waals surface area contributed by atoms with Crippen molar-refractivity contribution in [2.24, 2.45) is 10.9 Å². The molecule has 3 heteroatoms. The van der Waals surface area contributed by atoms with Crippen molar-refractivity contribution in [2.45, 2.75) is 51.2 Å². The Morgan fingerprint density at radius 3 is 2.79 bits per heavy atom. The van der Waals surface area contributed by atoms with Crippen molar-refractivity contribution in [1.29, 1.82) is 0 Å². The first-order valence-electron chi connectivity index (χ1n) is 7.57. The highest BCUT2D eigenvalue weighted by molar-refractivity contribution is 8.14. The number of allylic oxidation sites excluding steroid dienone is 3. The molecule has 0 radical (unpaired) electrons. The van der Waals surface area contributed by atoms with Crippen LogP contribution in [0.3, 0.4) is 0 Å². The van der Waals surface area contributed by atoms with Gasteiger partial charge in [-0.2, -0.15) is 0 Å². The number of aliphatic imine (C=N–C) groups is 1. The van der Waals surface area contributed by atoms with Gasteiger partial charge in [0.15, 0.2) is 5.17 Å². The average molecular weight is 278 g/mol. The highest BCUT2D eigenvalue weighted by Gasteiger charge is 2.22. The van der Waals surface area contributed by atoms with Crippen LogP contribution in [0.2, 0.25) is 0 Å². The maximum Gasteiger partial charge on any atom is 0.157 e. The van der Waals surface area contributed by atoms with Crippen molar-refractivity contribution in [3.05, 3.63) is 23.8 Å². The van der Waals surface area contributed by atoms with Crippen LogP contribution in [0.5, 0.6) is 0 Å². The molecule has 106 valence electrons. The fourth-order valence-electron chi connectivity index (χ4n) is 2.85. The number of hydrogen-bond acceptors (Lipinski definition) is 3. The number of nitrogens with one attached hydrogen (secondary N) is 1. The van der Waals surface area contributed by atoms with Crippen LogP contribution in [-0.4, -0.2) is 23.5 Å². The first-order valence-corrected chi connectivity index (χ1v) is 8.45. The average Bonchev–Trinajstić information content (AvgIpc) is 2.92. The summed E-state index contributed by atoms with van der Waals surface area (Å²) >= 11 is 1.89. The Hall–Kier alpha value is -0.700. The SMILES string of the molecule is C/C=C\C(=C/C)C1CN=C(NCC2CCCCC2)S1. The predicted octanol–water partition coefficient (Wildman–Crippen LogP) is 4.15. The van der Waals surface area contributed by atoms with Crippen molar-refractivity contribution in [2.75, 3.05) is 13.1 Å². The summed E-state index contributed by atoms with van der Waals surface area (Å²) < 4.78 is 0. The van der Waals surface area contributed by atoms with Gasteiger partial charge in [0, 0.05) is 6.54 Å². The summed E-state index contributed by atoms with van der Waals surface area (Å²) in [6, 6.07) is 0. The second-order valence-electron chi connectivity index (χ2n) is 5.43. The largest absolute Gasteiger partial charge is 0.365 e. The second kappa shape index (κ2) is 7.78. The summed E-state index contributed by atoms with van der Waals surface area (Å²) in [7, 11) is 0. The highest BCUT2D eigenvalue weighted by atomic mass is 32.2. The zero-order valence-electron chi connectivity index (χ0n) is 12.2. The Morgan fingerprint density at radius 2 is 2.11 bits per heavy atom. The van der Waals surface area contributed by atoms with Crippen LogP contribution < -0.4 is 5.32 Å². The van der Waals surface area contributed by atoms with E-state index in [1.165, 1.54) is 37.7 Å². The Bertz CT molecular complexity index is 365. The van der Waals surface area contributed by atoms with E-state index in [4.69, 9.17) is 0 Å². The third kappa shape index (κ3) is 4.41. The molecule has 0 amide bonds. The van der Waals surface area contributed by atoms with Gasteiger partial charge in [0.2, 0.25) is 0 Å². The van der Waals surface area contributed by atoms with E-state index in [2.05, 4.69) is 42.4 Å². The van der Waals surface area contributed by atoms with Crippen molar-refractivity contribution < 1.29 is 0 Å². The fourth-order valence-corrected chi connectivity index (χ4v) is 3.94. The summed E-state index contributed by atoms with van der Waals surface area (Å²) in [6.45, 7) is 6.23. The molecule has 1 fully saturated rings. The third-order valence-electron chi connectivity index (χ3n) is 3.99. The van der Waals surface area contributed by atoms with Gasteiger partial charge in [-0.3, -0.25) is 4.99 Å². The number of hydrogen-bond donors (Lipinski definition) is 1. The number of thioether (sulfide) groups is 1. The van der Waals surface area contributed by atoms with Crippen LogP contribution in [0.1, 0.15) is 46.0 Å². The molecule has 1 N–H and O–H groups in total. The van der Waals surface area contributed by atoms with Crippen LogP contribution >= 0.6 is 11.8 Å². The zero-order valence-corrected chi connectivity index (χ0v) is 13.0. The van der Waals surface area contributed by atoms with Crippen LogP contribution in [0.25, 0.3) is 0 Å². The van der Waals surface area contributed by atoms with Gasteiger partial charge in [0.1, 0.15) is 0 Å². The molecule has 0 spiro atoms. The topological polar surface area (TPSA) is 24.4 Å². The van der Waals surface area contributed by atoms with Crippen molar-refractivity contribution >= 4 is 16.9 Å². The molecule has 0 aromatic carbocycles. The van der Waals surface area contributed by atoms with Gasteiger partial charge in [-0.25, -0.2) is 0 Å². The Labute approximate surface area is 121 Å². The van der Waals surface area contributed by atoms with E-state index in [9.17, 15) is 0 Å². The first kappa shape index (κ1) is 14.7. The normalized spacial score (nSPS) is 25.9. The van der Waals surface area contributed by atoms with Crippen LogP contribution in [0, 0.1) is 5.92 Å². The van der Waals surface area contributed by atoms with E-state index < -0.39 is 0 Å². The lowest BCUT2D eigenvalue weighted by molar-refractivity contribution is 0.357. The van der Waals surface area contributed by atoms with E-state index in [1.54, 1.807) is 0 Å². The van der Waals surface area contributed by atoms with Crippen molar-refractivity contribution in [1.82, 2.24) is 5.32 Å². The lowest BCUT2D eigenvalue weighted by Crippen LogP contribution is -2.27. The van der Waals surface area contributed by atoms with E-state index in [1.807, 2.05) is 11.8 Å². The summed E-state index contributed by atoms with van der Waals surface area (Å²) in [5.41, 5.74) is 1.39. The number of nitrogens with zero attached hydrogens (tertiary/aromatic N) is 1. The van der Waals surface area contributed by atoms with E-state index in [0.717, 1.165) is 24.2 Å². The van der Waals surface area contributed by atoms with E-state index in [0.29, 0.717) is 5.25 Å². The molecule has 0 aromatic rings. The molecule has 1 aliphatic carbocycles. The molecule has 1 aliphatic heterocycles.